The molecule has 0 saturated carbocycles. The van der Waals surface area contributed by atoms with Crippen molar-refractivity contribution in [2.24, 2.45) is 0 Å². The van der Waals surface area contributed by atoms with Crippen LogP contribution in [0.25, 0.3) is 0 Å². The van der Waals surface area contributed by atoms with E-state index in [9.17, 15) is 4.57 Å². The van der Waals surface area contributed by atoms with Crippen molar-refractivity contribution in [3.05, 3.63) is 5.92 Å². The highest BCUT2D eigenvalue weighted by molar-refractivity contribution is 7.51. The number of hydrogen-bond donors (Lipinski definition) is 2. The largest absolute Gasteiger partial charge is 0.378 e. The molecule has 0 aromatic rings. The standard InChI is InChI=1S/C25H52O5P/c1-4-5-6-7-8-9-10-11-12-13-14-15-16-17-18-19-21-30-25(3)24(2)20-22-29-23-31(26,27)28/h25H,4-23H2,1-3H3,(H2,26,27,28). The van der Waals surface area contributed by atoms with E-state index in [4.69, 9.17) is 19.3 Å². The minimum absolute atomic E-state index is 0.0648. The van der Waals surface area contributed by atoms with Crippen LogP contribution >= 0.6 is 7.60 Å². The monoisotopic (exact) mass is 463 g/mol. The molecule has 0 aromatic carbocycles. The molecule has 0 aromatic heterocycles. The van der Waals surface area contributed by atoms with E-state index in [1.54, 1.807) is 0 Å². The van der Waals surface area contributed by atoms with E-state index in [0.29, 0.717) is 13.0 Å². The molecule has 0 spiro atoms. The van der Waals surface area contributed by atoms with Crippen LogP contribution in [0.2, 0.25) is 0 Å². The fraction of sp³-hybridized carbons (Fsp3) is 0.960. The van der Waals surface area contributed by atoms with E-state index < -0.39 is 13.9 Å². The Hall–Kier alpha value is 0.0700. The molecule has 1 radical (unpaired) electrons. The molecule has 0 saturated heterocycles. The Morgan fingerprint density at radius 2 is 1.16 bits per heavy atom. The first kappa shape index (κ1) is 31.1. The Bertz CT molecular complexity index is 413. The molecular weight excluding hydrogens is 411 g/mol. The SMILES string of the molecule is CCCCCCCCCCCCCCCCCCOC(C)[C](C)CCOCP(=O)(O)O. The zero-order chi connectivity index (χ0) is 23.2. The normalized spacial score (nSPS) is 13.2. The van der Waals surface area contributed by atoms with Gasteiger partial charge in [0.05, 0.1) is 6.10 Å². The molecular formula is C25H52O5P. The first-order chi connectivity index (χ1) is 14.9. The van der Waals surface area contributed by atoms with Gasteiger partial charge in [0, 0.05) is 19.1 Å². The molecule has 1 unspecified atom stereocenters. The molecule has 0 amide bonds. The molecule has 0 aliphatic heterocycles. The van der Waals surface area contributed by atoms with Gasteiger partial charge in [0.15, 0.2) is 0 Å². The fourth-order valence-electron chi connectivity index (χ4n) is 3.67. The van der Waals surface area contributed by atoms with Gasteiger partial charge in [-0.15, -0.1) is 0 Å². The molecule has 0 fully saturated rings. The smallest absolute Gasteiger partial charge is 0.350 e. The summed E-state index contributed by atoms with van der Waals surface area (Å²) in [6.45, 7) is 7.42. The molecule has 187 valence electrons. The lowest BCUT2D eigenvalue weighted by molar-refractivity contribution is 0.0634. The highest BCUT2D eigenvalue weighted by Gasteiger charge is 2.16. The number of unbranched alkanes of at least 4 members (excludes halogenated alkanes) is 15. The predicted octanol–water partition coefficient (Wildman–Crippen LogP) is 7.79. The zero-order valence-electron chi connectivity index (χ0n) is 20.8. The average Bonchev–Trinajstić information content (AvgIpc) is 2.72. The number of ether oxygens (including phenoxy) is 2. The van der Waals surface area contributed by atoms with Gasteiger partial charge in [-0.25, -0.2) is 0 Å². The third kappa shape index (κ3) is 24.5. The zero-order valence-corrected chi connectivity index (χ0v) is 21.7. The summed E-state index contributed by atoms with van der Waals surface area (Å²) >= 11 is 0. The Kier molecular flexibility index (Phi) is 21.9. The summed E-state index contributed by atoms with van der Waals surface area (Å²) in [5.74, 6) is 1.15. The minimum Gasteiger partial charge on any atom is -0.378 e. The summed E-state index contributed by atoms with van der Waals surface area (Å²) in [6.07, 6.45) is 22.1. The second-order valence-electron chi connectivity index (χ2n) is 9.11. The van der Waals surface area contributed by atoms with Crippen molar-refractivity contribution in [3.8, 4) is 0 Å². The maximum absolute atomic E-state index is 10.7. The molecule has 6 heteroatoms. The molecule has 5 nitrogen and oxygen atoms in total. The van der Waals surface area contributed by atoms with Crippen molar-refractivity contribution in [2.45, 2.75) is 136 Å². The summed E-state index contributed by atoms with van der Waals surface area (Å²) in [4.78, 5) is 17.5. The second kappa shape index (κ2) is 21.9. The van der Waals surface area contributed by atoms with Crippen LogP contribution in [-0.2, 0) is 14.0 Å². The topological polar surface area (TPSA) is 76.0 Å². The Morgan fingerprint density at radius 1 is 0.742 bits per heavy atom. The van der Waals surface area contributed by atoms with Crippen molar-refractivity contribution >= 4 is 7.60 Å². The highest BCUT2D eigenvalue weighted by Crippen LogP contribution is 2.34. The summed E-state index contributed by atoms with van der Waals surface area (Å²) in [7, 11) is -4.06. The van der Waals surface area contributed by atoms with Gasteiger partial charge >= 0.3 is 7.60 Å². The van der Waals surface area contributed by atoms with Gasteiger partial charge in [0.1, 0.15) is 6.35 Å². The quantitative estimate of drug-likeness (QED) is 0.113. The van der Waals surface area contributed by atoms with Gasteiger partial charge in [-0.05, 0) is 19.8 Å². The van der Waals surface area contributed by atoms with Crippen LogP contribution in [0.4, 0.5) is 0 Å². The van der Waals surface area contributed by atoms with Crippen LogP contribution < -0.4 is 0 Å². The van der Waals surface area contributed by atoms with Crippen LogP contribution in [-0.4, -0.2) is 35.5 Å². The van der Waals surface area contributed by atoms with Crippen molar-refractivity contribution in [1.82, 2.24) is 0 Å². The van der Waals surface area contributed by atoms with Crippen LogP contribution in [0.1, 0.15) is 130 Å². The van der Waals surface area contributed by atoms with Crippen molar-refractivity contribution in [1.29, 1.82) is 0 Å². The average molecular weight is 464 g/mol. The first-order valence-electron chi connectivity index (χ1n) is 12.9. The summed E-state index contributed by atoms with van der Waals surface area (Å²) in [5.41, 5.74) is 0. The van der Waals surface area contributed by atoms with E-state index in [0.717, 1.165) is 18.9 Å². The van der Waals surface area contributed by atoms with Crippen molar-refractivity contribution < 1.29 is 23.8 Å². The van der Waals surface area contributed by atoms with Crippen molar-refractivity contribution in [3.63, 3.8) is 0 Å². The van der Waals surface area contributed by atoms with E-state index in [2.05, 4.69) is 6.92 Å². The highest BCUT2D eigenvalue weighted by atomic mass is 31.2. The van der Waals surface area contributed by atoms with Crippen molar-refractivity contribution in [2.75, 3.05) is 19.6 Å². The molecule has 1 atom stereocenters. The van der Waals surface area contributed by atoms with Crippen LogP contribution in [0, 0.1) is 5.92 Å². The van der Waals surface area contributed by atoms with E-state index in [-0.39, 0.29) is 6.10 Å². The maximum atomic E-state index is 10.7. The van der Waals surface area contributed by atoms with Crippen LogP contribution in [0.3, 0.4) is 0 Å². The van der Waals surface area contributed by atoms with E-state index >= 15 is 0 Å². The molecule has 0 aliphatic rings. The Morgan fingerprint density at radius 3 is 1.58 bits per heavy atom. The Labute approximate surface area is 193 Å². The van der Waals surface area contributed by atoms with E-state index in [1.165, 1.54) is 96.3 Å². The molecule has 2 N–H and O–H groups in total. The van der Waals surface area contributed by atoms with E-state index in [1.807, 2.05) is 13.8 Å². The van der Waals surface area contributed by atoms with Gasteiger partial charge in [-0.1, -0.05) is 110 Å². The summed E-state index contributed by atoms with van der Waals surface area (Å²) in [5, 5.41) is 0. The van der Waals surface area contributed by atoms with Gasteiger partial charge in [-0.3, -0.25) is 4.57 Å². The molecule has 0 rings (SSSR count). The molecule has 0 bridgehead atoms. The Balaban J connectivity index is 3.28. The molecule has 31 heavy (non-hydrogen) atoms. The third-order valence-electron chi connectivity index (χ3n) is 5.96. The first-order valence-corrected chi connectivity index (χ1v) is 14.7. The number of rotatable bonds is 24. The summed E-state index contributed by atoms with van der Waals surface area (Å²) in [6, 6.07) is 0. The summed E-state index contributed by atoms with van der Waals surface area (Å²) < 4.78 is 21.6. The molecule has 0 heterocycles. The lowest BCUT2D eigenvalue weighted by Crippen LogP contribution is -2.18. The van der Waals surface area contributed by atoms with Gasteiger partial charge in [0.25, 0.3) is 0 Å². The second-order valence-corrected chi connectivity index (χ2v) is 10.7. The maximum Gasteiger partial charge on any atom is 0.350 e. The third-order valence-corrected chi connectivity index (χ3v) is 6.48. The van der Waals surface area contributed by atoms with Gasteiger partial charge < -0.3 is 19.3 Å². The lowest BCUT2D eigenvalue weighted by Gasteiger charge is -2.20. The lowest BCUT2D eigenvalue weighted by atomic mass is 10.0. The van der Waals surface area contributed by atoms with Gasteiger partial charge in [0.2, 0.25) is 0 Å². The number of hydrogen-bond acceptors (Lipinski definition) is 3. The van der Waals surface area contributed by atoms with Gasteiger partial charge in [-0.2, -0.15) is 0 Å². The fourth-order valence-corrected chi connectivity index (χ4v) is 4.04. The predicted molar refractivity (Wildman–Crippen MR) is 131 cm³/mol. The molecule has 0 aliphatic carbocycles. The van der Waals surface area contributed by atoms with Crippen LogP contribution in [0.5, 0.6) is 0 Å². The van der Waals surface area contributed by atoms with Crippen LogP contribution in [0.15, 0.2) is 0 Å². The minimum atomic E-state index is -4.06.